The highest BCUT2D eigenvalue weighted by molar-refractivity contribution is 6.31. The van der Waals surface area contributed by atoms with Crippen molar-refractivity contribution in [3.05, 3.63) is 28.8 Å². The average Bonchev–Trinajstić information content (AvgIpc) is 2.56. The summed E-state index contributed by atoms with van der Waals surface area (Å²) < 4.78 is 0. The van der Waals surface area contributed by atoms with E-state index < -0.39 is 5.66 Å². The number of fused-ring (bicyclic) bond motifs is 3. The minimum Gasteiger partial charge on any atom is -0.329 e. The van der Waals surface area contributed by atoms with Gasteiger partial charge in [-0.15, -0.1) is 0 Å². The number of carbonyl (C=O) groups excluding carboxylic acids is 2. The van der Waals surface area contributed by atoms with E-state index in [4.69, 9.17) is 11.6 Å². The van der Waals surface area contributed by atoms with Gasteiger partial charge in [-0.2, -0.15) is 0 Å². The average molecular weight is 251 g/mol. The van der Waals surface area contributed by atoms with Crippen molar-refractivity contribution in [3.8, 4) is 0 Å². The van der Waals surface area contributed by atoms with Gasteiger partial charge >= 0.3 is 0 Å². The summed E-state index contributed by atoms with van der Waals surface area (Å²) in [7, 11) is 0. The van der Waals surface area contributed by atoms with Crippen molar-refractivity contribution in [2.75, 3.05) is 4.90 Å². The Kier molecular flexibility index (Phi) is 2.01. The maximum Gasteiger partial charge on any atom is 0.255 e. The Balaban J connectivity index is 2.22. The summed E-state index contributed by atoms with van der Waals surface area (Å²) in [5, 5.41) is 3.37. The van der Waals surface area contributed by atoms with Crippen molar-refractivity contribution in [2.45, 2.75) is 25.4 Å². The Morgan fingerprint density at radius 3 is 2.94 bits per heavy atom. The fraction of sp³-hybridized carbons (Fsp3) is 0.333. The van der Waals surface area contributed by atoms with Gasteiger partial charge in [0.1, 0.15) is 5.66 Å². The van der Waals surface area contributed by atoms with Gasteiger partial charge in [0.15, 0.2) is 0 Å². The van der Waals surface area contributed by atoms with Crippen molar-refractivity contribution in [3.63, 3.8) is 0 Å². The molecule has 1 N–H and O–H groups in total. The van der Waals surface area contributed by atoms with Crippen LogP contribution in [0.15, 0.2) is 18.2 Å². The van der Waals surface area contributed by atoms with Crippen LogP contribution in [-0.4, -0.2) is 17.5 Å². The standard InChI is InChI=1S/C12H11ClN2O2/c1-12-5-4-10(16)15(12)9-3-2-7(13)6-8(9)11(17)14-12/h2-3,6H,4-5H2,1H3,(H,14,17). The SMILES string of the molecule is CC12CCC(=O)N1c1ccc(Cl)cc1C(=O)N2. The number of nitrogens with one attached hydrogen (secondary N) is 1. The van der Waals surface area contributed by atoms with Crippen molar-refractivity contribution >= 4 is 29.1 Å². The molecule has 1 saturated heterocycles. The fourth-order valence-corrected chi connectivity index (χ4v) is 2.74. The maximum atomic E-state index is 12.0. The Bertz CT molecular complexity index is 543. The first-order valence-electron chi connectivity index (χ1n) is 5.46. The highest BCUT2D eigenvalue weighted by atomic mass is 35.5. The zero-order valence-electron chi connectivity index (χ0n) is 9.29. The van der Waals surface area contributed by atoms with Crippen LogP contribution in [0.1, 0.15) is 30.1 Å². The molecule has 1 atom stereocenters. The molecule has 1 unspecified atom stereocenters. The zero-order chi connectivity index (χ0) is 12.2. The molecule has 0 aromatic heterocycles. The predicted molar refractivity (Wildman–Crippen MR) is 64.0 cm³/mol. The summed E-state index contributed by atoms with van der Waals surface area (Å²) in [6, 6.07) is 5.03. The molecule has 5 heteroatoms. The Labute approximate surface area is 104 Å². The molecule has 3 rings (SSSR count). The molecule has 2 amide bonds. The molecule has 0 bridgehead atoms. The van der Waals surface area contributed by atoms with Gasteiger partial charge in [0, 0.05) is 11.4 Å². The van der Waals surface area contributed by atoms with E-state index in [0.717, 1.165) is 0 Å². The first kappa shape index (κ1) is 10.6. The molecule has 0 radical (unpaired) electrons. The molecule has 88 valence electrons. The molecule has 4 nitrogen and oxygen atoms in total. The van der Waals surface area contributed by atoms with E-state index in [1.165, 1.54) is 0 Å². The van der Waals surface area contributed by atoms with Crippen LogP contribution < -0.4 is 10.2 Å². The molecule has 2 aliphatic heterocycles. The van der Waals surface area contributed by atoms with Crippen LogP contribution >= 0.6 is 11.6 Å². The number of anilines is 1. The van der Waals surface area contributed by atoms with Crippen molar-refractivity contribution in [1.29, 1.82) is 0 Å². The lowest BCUT2D eigenvalue weighted by atomic mass is 10.0. The van der Waals surface area contributed by atoms with E-state index in [1.807, 2.05) is 6.92 Å². The summed E-state index contributed by atoms with van der Waals surface area (Å²) in [4.78, 5) is 25.6. The lowest BCUT2D eigenvalue weighted by molar-refractivity contribution is -0.117. The summed E-state index contributed by atoms with van der Waals surface area (Å²) in [5.41, 5.74) is 0.531. The van der Waals surface area contributed by atoms with Gasteiger partial charge in [-0.1, -0.05) is 11.6 Å². The summed E-state index contributed by atoms with van der Waals surface area (Å²) in [6.07, 6.45) is 1.10. The molecule has 2 aliphatic rings. The van der Waals surface area contributed by atoms with Gasteiger partial charge in [-0.3, -0.25) is 14.5 Å². The monoisotopic (exact) mass is 250 g/mol. The molecular weight excluding hydrogens is 240 g/mol. The second-order valence-corrected chi connectivity index (χ2v) is 5.06. The Morgan fingerprint density at radius 1 is 1.41 bits per heavy atom. The maximum absolute atomic E-state index is 12.0. The number of rotatable bonds is 0. The topological polar surface area (TPSA) is 49.4 Å². The number of hydrogen-bond donors (Lipinski definition) is 1. The third-order valence-corrected chi connectivity index (χ3v) is 3.63. The minimum absolute atomic E-state index is 0.0380. The number of nitrogens with zero attached hydrogens (tertiary/aromatic N) is 1. The Hall–Kier alpha value is -1.55. The first-order chi connectivity index (χ1) is 8.01. The van der Waals surface area contributed by atoms with Crippen LogP contribution in [0.2, 0.25) is 5.02 Å². The zero-order valence-corrected chi connectivity index (χ0v) is 10.0. The molecule has 1 aromatic rings. The first-order valence-corrected chi connectivity index (χ1v) is 5.84. The smallest absolute Gasteiger partial charge is 0.255 e. The van der Waals surface area contributed by atoms with Gasteiger partial charge in [-0.25, -0.2) is 0 Å². The number of amides is 2. The number of hydrogen-bond acceptors (Lipinski definition) is 2. The summed E-state index contributed by atoms with van der Waals surface area (Å²) in [6.45, 7) is 1.87. The lowest BCUT2D eigenvalue weighted by Gasteiger charge is -2.40. The van der Waals surface area contributed by atoms with Gasteiger partial charge in [0.2, 0.25) is 5.91 Å². The van der Waals surface area contributed by atoms with Crippen LogP contribution in [-0.2, 0) is 4.79 Å². The van der Waals surface area contributed by atoms with Crippen molar-refractivity contribution in [1.82, 2.24) is 5.32 Å². The van der Waals surface area contributed by atoms with Crippen LogP contribution in [0.4, 0.5) is 5.69 Å². The van der Waals surface area contributed by atoms with Crippen LogP contribution in [0.25, 0.3) is 0 Å². The number of benzene rings is 1. The predicted octanol–water partition coefficient (Wildman–Crippen LogP) is 1.93. The molecular formula is C12H11ClN2O2. The molecule has 1 aromatic carbocycles. The minimum atomic E-state index is -0.588. The van der Waals surface area contributed by atoms with Crippen LogP contribution in [0.5, 0.6) is 0 Å². The van der Waals surface area contributed by atoms with Crippen LogP contribution in [0, 0.1) is 0 Å². The van der Waals surface area contributed by atoms with Gasteiger partial charge in [0.05, 0.1) is 11.3 Å². The third-order valence-electron chi connectivity index (χ3n) is 3.40. The second kappa shape index (κ2) is 3.23. The highest BCUT2D eigenvalue weighted by Gasteiger charge is 2.47. The highest BCUT2D eigenvalue weighted by Crippen LogP contribution is 2.39. The van der Waals surface area contributed by atoms with Gasteiger partial charge in [0.25, 0.3) is 5.91 Å². The largest absolute Gasteiger partial charge is 0.329 e. The van der Waals surface area contributed by atoms with E-state index in [9.17, 15) is 9.59 Å². The van der Waals surface area contributed by atoms with Crippen LogP contribution in [0.3, 0.4) is 0 Å². The van der Waals surface area contributed by atoms with Crippen molar-refractivity contribution < 1.29 is 9.59 Å². The molecule has 2 heterocycles. The van der Waals surface area contributed by atoms with E-state index >= 15 is 0 Å². The molecule has 1 fully saturated rings. The quantitative estimate of drug-likeness (QED) is 0.765. The van der Waals surface area contributed by atoms with Crippen molar-refractivity contribution in [2.24, 2.45) is 0 Å². The lowest BCUT2D eigenvalue weighted by Crippen LogP contribution is -2.60. The summed E-state index contributed by atoms with van der Waals surface area (Å²) >= 11 is 5.87. The van der Waals surface area contributed by atoms with Gasteiger partial charge in [-0.05, 0) is 31.5 Å². The normalized spacial score (nSPS) is 26.6. The molecule has 0 saturated carbocycles. The fourth-order valence-electron chi connectivity index (χ4n) is 2.56. The molecule has 0 aliphatic carbocycles. The van der Waals surface area contributed by atoms with E-state index in [1.54, 1.807) is 23.1 Å². The Morgan fingerprint density at radius 2 is 2.18 bits per heavy atom. The van der Waals surface area contributed by atoms with E-state index in [2.05, 4.69) is 5.32 Å². The molecule has 0 spiro atoms. The summed E-state index contributed by atoms with van der Waals surface area (Å²) in [5.74, 6) is -0.132. The van der Waals surface area contributed by atoms with Gasteiger partial charge < -0.3 is 5.32 Å². The van der Waals surface area contributed by atoms with E-state index in [0.29, 0.717) is 29.1 Å². The van der Waals surface area contributed by atoms with E-state index in [-0.39, 0.29) is 11.8 Å². The third kappa shape index (κ3) is 1.37. The molecule has 17 heavy (non-hydrogen) atoms. The second-order valence-electron chi connectivity index (χ2n) is 4.62. The number of halogens is 1. The number of carbonyl (C=O) groups is 2.